The molecule has 1 rings (SSSR count). The zero-order chi connectivity index (χ0) is 13.9. The molecule has 0 spiro atoms. The molecule has 0 aliphatic carbocycles. The molecule has 1 aromatic carbocycles. The zero-order valence-corrected chi connectivity index (χ0v) is 12.6. The third-order valence-corrected chi connectivity index (χ3v) is 4.12. The zero-order valence-electron chi connectivity index (χ0n) is 11.0. The summed E-state index contributed by atoms with van der Waals surface area (Å²) >= 11 is 3.51. The number of hydrogen-bond donors (Lipinski definition) is 1. The van der Waals surface area contributed by atoms with Crippen LogP contribution in [0.1, 0.15) is 23.1 Å². The van der Waals surface area contributed by atoms with Gasteiger partial charge >= 0.3 is 5.97 Å². The predicted molar refractivity (Wildman–Crippen MR) is 72.7 cm³/mol. The smallest absolute Gasteiger partial charge is 0.303 e. The summed E-state index contributed by atoms with van der Waals surface area (Å²) in [4.78, 5) is 10.7. The molecule has 0 saturated heterocycles. The average molecular weight is 317 g/mol. The summed E-state index contributed by atoms with van der Waals surface area (Å²) in [6, 6.07) is 0. The minimum absolute atomic E-state index is 0.0653. The van der Waals surface area contributed by atoms with Crippen molar-refractivity contribution in [3.05, 3.63) is 21.2 Å². The lowest BCUT2D eigenvalue weighted by atomic mass is 9.99. The van der Waals surface area contributed by atoms with Gasteiger partial charge < -0.3 is 14.6 Å². The Balaban J connectivity index is 3.38. The van der Waals surface area contributed by atoms with Crippen molar-refractivity contribution < 1.29 is 19.4 Å². The van der Waals surface area contributed by atoms with Crippen LogP contribution in [0.15, 0.2) is 4.47 Å². The van der Waals surface area contributed by atoms with Gasteiger partial charge in [-0.1, -0.05) is 15.9 Å². The third kappa shape index (κ3) is 2.77. The van der Waals surface area contributed by atoms with Crippen molar-refractivity contribution in [3.63, 3.8) is 0 Å². The van der Waals surface area contributed by atoms with Crippen LogP contribution in [0, 0.1) is 13.8 Å². The summed E-state index contributed by atoms with van der Waals surface area (Å²) in [5, 5.41) is 8.80. The lowest BCUT2D eigenvalue weighted by molar-refractivity contribution is -0.136. The van der Waals surface area contributed by atoms with E-state index in [0.29, 0.717) is 17.9 Å². The third-order valence-electron chi connectivity index (χ3n) is 2.93. The van der Waals surface area contributed by atoms with Gasteiger partial charge in [0.25, 0.3) is 0 Å². The topological polar surface area (TPSA) is 55.8 Å². The second-order valence-corrected chi connectivity index (χ2v) is 4.80. The van der Waals surface area contributed by atoms with Crippen LogP contribution in [0.25, 0.3) is 0 Å². The fraction of sp³-hybridized carbons (Fsp3) is 0.462. The molecule has 0 unspecified atom stereocenters. The van der Waals surface area contributed by atoms with E-state index in [2.05, 4.69) is 15.9 Å². The maximum Gasteiger partial charge on any atom is 0.303 e. The summed E-state index contributed by atoms with van der Waals surface area (Å²) in [5.41, 5.74) is 2.81. The van der Waals surface area contributed by atoms with Gasteiger partial charge in [-0.25, -0.2) is 0 Å². The molecule has 18 heavy (non-hydrogen) atoms. The molecule has 1 N–H and O–H groups in total. The Morgan fingerprint density at radius 3 is 2.17 bits per heavy atom. The Morgan fingerprint density at radius 1 is 1.17 bits per heavy atom. The number of hydrogen-bond acceptors (Lipinski definition) is 3. The minimum atomic E-state index is -0.827. The molecular formula is C13H17BrO4. The Morgan fingerprint density at radius 2 is 1.72 bits per heavy atom. The molecule has 0 bridgehead atoms. The molecule has 0 amide bonds. The molecule has 0 fully saturated rings. The Hall–Kier alpha value is -1.23. The van der Waals surface area contributed by atoms with Gasteiger partial charge in [0.05, 0.1) is 14.2 Å². The molecule has 0 aliphatic heterocycles. The van der Waals surface area contributed by atoms with E-state index in [9.17, 15) is 4.79 Å². The van der Waals surface area contributed by atoms with Crippen LogP contribution in [0.2, 0.25) is 0 Å². The lowest BCUT2D eigenvalue weighted by Crippen LogP contribution is -2.05. The van der Waals surface area contributed by atoms with Crippen molar-refractivity contribution in [1.82, 2.24) is 0 Å². The summed E-state index contributed by atoms with van der Waals surface area (Å²) in [7, 11) is 3.14. The molecule has 0 saturated carbocycles. The van der Waals surface area contributed by atoms with E-state index in [0.717, 1.165) is 21.2 Å². The van der Waals surface area contributed by atoms with Crippen LogP contribution in [0.5, 0.6) is 11.5 Å². The van der Waals surface area contributed by atoms with Crippen LogP contribution >= 0.6 is 15.9 Å². The fourth-order valence-electron chi connectivity index (χ4n) is 1.99. The highest BCUT2D eigenvalue weighted by molar-refractivity contribution is 9.10. The van der Waals surface area contributed by atoms with Gasteiger partial charge in [-0.05, 0) is 25.8 Å². The van der Waals surface area contributed by atoms with Gasteiger partial charge in [0.1, 0.15) is 0 Å². The second-order valence-electron chi connectivity index (χ2n) is 4.00. The molecule has 0 aromatic heterocycles. The van der Waals surface area contributed by atoms with Crippen molar-refractivity contribution in [2.75, 3.05) is 14.2 Å². The maximum atomic E-state index is 10.7. The Kier molecular flexibility index (Phi) is 5.02. The quantitative estimate of drug-likeness (QED) is 0.907. The number of carboxylic acids is 1. The fourth-order valence-corrected chi connectivity index (χ4v) is 2.41. The molecule has 0 heterocycles. The number of ether oxygens (including phenoxy) is 2. The molecule has 1 aromatic rings. The first kappa shape index (κ1) is 14.8. The molecule has 0 radical (unpaired) electrons. The normalized spacial score (nSPS) is 10.3. The maximum absolute atomic E-state index is 10.7. The number of aliphatic carboxylic acids is 1. The predicted octanol–water partition coefficient (Wildman–Crippen LogP) is 3.10. The van der Waals surface area contributed by atoms with Crippen molar-refractivity contribution in [2.45, 2.75) is 26.7 Å². The van der Waals surface area contributed by atoms with Gasteiger partial charge in [-0.2, -0.15) is 0 Å². The summed E-state index contributed by atoms with van der Waals surface area (Å²) in [6.45, 7) is 3.87. The van der Waals surface area contributed by atoms with Crippen LogP contribution < -0.4 is 9.47 Å². The number of benzene rings is 1. The van der Waals surface area contributed by atoms with Gasteiger partial charge in [-0.3, -0.25) is 4.79 Å². The van der Waals surface area contributed by atoms with Crippen LogP contribution in [-0.2, 0) is 11.2 Å². The van der Waals surface area contributed by atoms with Crippen LogP contribution in [-0.4, -0.2) is 25.3 Å². The first-order valence-electron chi connectivity index (χ1n) is 5.55. The van der Waals surface area contributed by atoms with Gasteiger partial charge in [0.15, 0.2) is 11.5 Å². The van der Waals surface area contributed by atoms with E-state index >= 15 is 0 Å². The number of rotatable bonds is 5. The first-order valence-corrected chi connectivity index (χ1v) is 6.34. The van der Waals surface area contributed by atoms with Crippen LogP contribution in [0.3, 0.4) is 0 Å². The molecule has 100 valence electrons. The first-order chi connectivity index (χ1) is 8.43. The summed E-state index contributed by atoms with van der Waals surface area (Å²) in [6.07, 6.45) is 0.482. The molecule has 0 aliphatic rings. The average Bonchev–Trinajstić information content (AvgIpc) is 2.34. The van der Waals surface area contributed by atoms with E-state index < -0.39 is 5.97 Å². The molecule has 5 heteroatoms. The van der Waals surface area contributed by atoms with E-state index in [1.54, 1.807) is 14.2 Å². The van der Waals surface area contributed by atoms with Gasteiger partial charge in [0, 0.05) is 22.0 Å². The highest BCUT2D eigenvalue weighted by atomic mass is 79.9. The van der Waals surface area contributed by atoms with Crippen molar-refractivity contribution >= 4 is 21.9 Å². The lowest BCUT2D eigenvalue weighted by Gasteiger charge is -2.19. The summed E-state index contributed by atoms with van der Waals surface area (Å²) < 4.78 is 11.7. The van der Waals surface area contributed by atoms with E-state index in [1.165, 1.54) is 0 Å². The molecule has 0 atom stereocenters. The highest BCUT2D eigenvalue weighted by Crippen LogP contribution is 2.42. The SMILES string of the molecule is COc1c(C)c(Br)c(C)c(CCC(=O)O)c1OC. The van der Waals surface area contributed by atoms with E-state index in [-0.39, 0.29) is 6.42 Å². The number of methoxy groups -OCH3 is 2. The van der Waals surface area contributed by atoms with Gasteiger partial charge in [0.2, 0.25) is 0 Å². The number of halogens is 1. The largest absolute Gasteiger partial charge is 0.493 e. The van der Waals surface area contributed by atoms with E-state index in [1.807, 2.05) is 13.8 Å². The molecular weight excluding hydrogens is 300 g/mol. The minimum Gasteiger partial charge on any atom is -0.493 e. The van der Waals surface area contributed by atoms with Crippen LogP contribution in [0.4, 0.5) is 0 Å². The van der Waals surface area contributed by atoms with Crippen molar-refractivity contribution in [2.24, 2.45) is 0 Å². The number of carbonyl (C=O) groups is 1. The standard InChI is InChI=1S/C13H17BrO4/c1-7-9(5-6-10(15)16)13(18-4)12(17-3)8(2)11(7)14/h5-6H2,1-4H3,(H,15,16). The van der Waals surface area contributed by atoms with Gasteiger partial charge in [-0.15, -0.1) is 0 Å². The molecule has 4 nitrogen and oxygen atoms in total. The Bertz CT molecular complexity index is 469. The van der Waals surface area contributed by atoms with E-state index in [4.69, 9.17) is 14.6 Å². The highest BCUT2D eigenvalue weighted by Gasteiger charge is 2.20. The Labute approximate surface area is 115 Å². The second kappa shape index (κ2) is 6.09. The van der Waals surface area contributed by atoms with Crippen molar-refractivity contribution in [1.29, 1.82) is 0 Å². The number of carboxylic acid groups (broad SMARTS) is 1. The summed E-state index contributed by atoms with van der Waals surface area (Å²) in [5.74, 6) is 0.444. The monoisotopic (exact) mass is 316 g/mol. The van der Waals surface area contributed by atoms with Crippen molar-refractivity contribution in [3.8, 4) is 11.5 Å².